The van der Waals surface area contributed by atoms with Crippen LogP contribution in [0.15, 0.2) is 40.9 Å². The lowest BCUT2D eigenvalue weighted by Gasteiger charge is -1.98. The number of aliphatic carboxylic acids is 1. The van der Waals surface area contributed by atoms with Crippen molar-refractivity contribution in [3.05, 3.63) is 57.0 Å². The van der Waals surface area contributed by atoms with Crippen molar-refractivity contribution in [1.82, 2.24) is 19.2 Å². The SMILES string of the molecule is O=C(O)C=Cc1ccsc1Cn1nc2cnccn2c1=O. The topological polar surface area (TPSA) is 89.5 Å². The molecule has 0 amide bonds. The Balaban J connectivity index is 1.96. The van der Waals surface area contributed by atoms with Crippen molar-refractivity contribution in [2.45, 2.75) is 6.54 Å². The van der Waals surface area contributed by atoms with Crippen molar-refractivity contribution in [2.75, 3.05) is 0 Å². The zero-order chi connectivity index (χ0) is 14.8. The monoisotopic (exact) mass is 302 g/mol. The first kappa shape index (κ1) is 13.3. The van der Waals surface area contributed by atoms with Crippen LogP contribution in [0.1, 0.15) is 10.4 Å². The van der Waals surface area contributed by atoms with E-state index >= 15 is 0 Å². The fraction of sp³-hybridized carbons (Fsp3) is 0.0769. The molecule has 7 nitrogen and oxygen atoms in total. The van der Waals surface area contributed by atoms with Crippen LogP contribution < -0.4 is 5.69 Å². The molecule has 3 heterocycles. The van der Waals surface area contributed by atoms with Crippen molar-refractivity contribution in [2.24, 2.45) is 0 Å². The van der Waals surface area contributed by atoms with Crippen LogP contribution in [-0.4, -0.2) is 30.2 Å². The smallest absolute Gasteiger partial charge is 0.350 e. The van der Waals surface area contributed by atoms with Gasteiger partial charge in [-0.2, -0.15) is 0 Å². The van der Waals surface area contributed by atoms with Crippen LogP contribution >= 0.6 is 11.3 Å². The fourth-order valence-corrected chi connectivity index (χ4v) is 2.76. The van der Waals surface area contributed by atoms with Crippen molar-refractivity contribution in [3.8, 4) is 0 Å². The molecule has 8 heteroatoms. The van der Waals surface area contributed by atoms with Crippen LogP contribution in [-0.2, 0) is 11.3 Å². The van der Waals surface area contributed by atoms with Crippen LogP contribution in [0.5, 0.6) is 0 Å². The average molecular weight is 302 g/mol. The molecule has 0 atom stereocenters. The predicted molar refractivity (Wildman–Crippen MR) is 77.3 cm³/mol. The van der Waals surface area contributed by atoms with Crippen LogP contribution in [0.2, 0.25) is 0 Å². The minimum atomic E-state index is -1.01. The number of hydrogen-bond acceptors (Lipinski definition) is 5. The van der Waals surface area contributed by atoms with Crippen molar-refractivity contribution >= 4 is 29.0 Å². The van der Waals surface area contributed by atoms with E-state index in [0.29, 0.717) is 5.65 Å². The minimum Gasteiger partial charge on any atom is -0.478 e. The summed E-state index contributed by atoms with van der Waals surface area (Å²) in [5.41, 5.74) is 0.986. The third kappa shape index (κ3) is 2.61. The molecule has 0 aliphatic rings. The molecular formula is C13H10N4O3S. The van der Waals surface area contributed by atoms with Gasteiger partial charge in [0.25, 0.3) is 0 Å². The molecule has 106 valence electrons. The molecule has 3 rings (SSSR count). The first-order valence-electron chi connectivity index (χ1n) is 6.02. The summed E-state index contributed by atoms with van der Waals surface area (Å²) in [5, 5.41) is 14.7. The van der Waals surface area contributed by atoms with Gasteiger partial charge in [0.2, 0.25) is 0 Å². The summed E-state index contributed by atoms with van der Waals surface area (Å²) in [4.78, 5) is 27.5. The molecule has 3 aromatic rings. The van der Waals surface area contributed by atoms with Gasteiger partial charge in [0.05, 0.1) is 12.7 Å². The molecule has 3 aromatic heterocycles. The summed E-state index contributed by atoms with van der Waals surface area (Å²) in [7, 11) is 0. The number of thiophene rings is 1. The molecule has 0 saturated heterocycles. The lowest BCUT2D eigenvalue weighted by Crippen LogP contribution is -2.21. The Morgan fingerprint density at radius 1 is 1.48 bits per heavy atom. The first-order chi connectivity index (χ1) is 10.1. The highest BCUT2D eigenvalue weighted by Gasteiger charge is 2.09. The van der Waals surface area contributed by atoms with Gasteiger partial charge >= 0.3 is 11.7 Å². The second-order valence-electron chi connectivity index (χ2n) is 4.22. The molecule has 0 aliphatic heterocycles. The van der Waals surface area contributed by atoms with E-state index in [4.69, 9.17) is 5.11 Å². The Labute approximate surface area is 122 Å². The van der Waals surface area contributed by atoms with E-state index < -0.39 is 5.97 Å². The highest BCUT2D eigenvalue weighted by atomic mass is 32.1. The molecule has 0 aromatic carbocycles. The number of nitrogens with zero attached hydrogens (tertiary/aromatic N) is 4. The van der Waals surface area contributed by atoms with Crippen molar-refractivity contribution in [3.63, 3.8) is 0 Å². The highest BCUT2D eigenvalue weighted by molar-refractivity contribution is 7.10. The quantitative estimate of drug-likeness (QED) is 0.729. The van der Waals surface area contributed by atoms with Gasteiger partial charge in [-0.1, -0.05) is 0 Å². The van der Waals surface area contributed by atoms with Gasteiger partial charge in [-0.3, -0.25) is 4.98 Å². The molecule has 0 fully saturated rings. The minimum absolute atomic E-state index is 0.256. The third-order valence-electron chi connectivity index (χ3n) is 2.87. The maximum absolute atomic E-state index is 12.2. The summed E-state index contributed by atoms with van der Waals surface area (Å²) in [6.45, 7) is 0.289. The number of hydrogen-bond donors (Lipinski definition) is 1. The van der Waals surface area contributed by atoms with Crippen LogP contribution in [0.25, 0.3) is 11.7 Å². The maximum Gasteiger partial charge on any atom is 0.350 e. The Morgan fingerprint density at radius 3 is 3.10 bits per heavy atom. The third-order valence-corrected chi connectivity index (χ3v) is 3.79. The summed E-state index contributed by atoms with van der Waals surface area (Å²) >= 11 is 1.45. The van der Waals surface area contributed by atoms with Crippen molar-refractivity contribution in [1.29, 1.82) is 0 Å². The Bertz CT molecular complexity index is 890. The molecule has 1 N–H and O–H groups in total. The molecule has 0 aliphatic carbocycles. The van der Waals surface area contributed by atoms with E-state index in [2.05, 4.69) is 10.1 Å². The first-order valence-corrected chi connectivity index (χ1v) is 6.89. The number of carbonyl (C=O) groups is 1. The molecule has 0 bridgehead atoms. The number of carboxylic acids is 1. The molecule has 0 saturated carbocycles. The van der Waals surface area contributed by atoms with Gasteiger partial charge in [0, 0.05) is 23.3 Å². The normalized spacial score (nSPS) is 11.4. The van der Waals surface area contributed by atoms with Gasteiger partial charge in [0.15, 0.2) is 5.65 Å². The average Bonchev–Trinajstić information content (AvgIpc) is 3.03. The lowest BCUT2D eigenvalue weighted by molar-refractivity contribution is -0.131. The van der Waals surface area contributed by atoms with E-state index in [-0.39, 0.29) is 12.2 Å². The van der Waals surface area contributed by atoms with Gasteiger partial charge in [-0.25, -0.2) is 18.7 Å². The van der Waals surface area contributed by atoms with Gasteiger partial charge < -0.3 is 5.11 Å². The van der Waals surface area contributed by atoms with Gasteiger partial charge in [-0.05, 0) is 23.1 Å². The van der Waals surface area contributed by atoms with E-state index in [0.717, 1.165) is 16.5 Å². The zero-order valence-corrected chi connectivity index (χ0v) is 11.5. The zero-order valence-electron chi connectivity index (χ0n) is 10.7. The second-order valence-corrected chi connectivity index (χ2v) is 5.22. The van der Waals surface area contributed by atoms with Gasteiger partial charge in [-0.15, -0.1) is 16.4 Å². The van der Waals surface area contributed by atoms with Crippen LogP contribution in [0.3, 0.4) is 0 Å². The Morgan fingerprint density at radius 2 is 2.33 bits per heavy atom. The molecule has 0 spiro atoms. The van der Waals surface area contributed by atoms with Crippen LogP contribution in [0.4, 0.5) is 0 Å². The summed E-state index contributed by atoms with van der Waals surface area (Å²) in [5.74, 6) is -1.01. The highest BCUT2D eigenvalue weighted by Crippen LogP contribution is 2.19. The maximum atomic E-state index is 12.2. The van der Waals surface area contributed by atoms with Gasteiger partial charge in [0.1, 0.15) is 0 Å². The summed E-state index contributed by atoms with van der Waals surface area (Å²) in [6, 6.07) is 1.81. The number of aromatic nitrogens is 4. The second kappa shape index (κ2) is 5.33. The Hall–Kier alpha value is -2.74. The predicted octanol–water partition coefficient (Wildman–Crippen LogP) is 1.10. The lowest BCUT2D eigenvalue weighted by atomic mass is 10.2. The molecular weight excluding hydrogens is 292 g/mol. The Kier molecular flexibility index (Phi) is 3.36. The van der Waals surface area contributed by atoms with E-state index in [1.54, 1.807) is 6.20 Å². The molecule has 0 unspecified atom stereocenters. The van der Waals surface area contributed by atoms with Crippen LogP contribution in [0, 0.1) is 0 Å². The van der Waals surface area contributed by atoms with E-state index in [1.165, 1.54) is 38.9 Å². The fourth-order valence-electron chi connectivity index (χ4n) is 1.91. The van der Waals surface area contributed by atoms with E-state index in [9.17, 15) is 9.59 Å². The van der Waals surface area contributed by atoms with E-state index in [1.807, 2.05) is 11.4 Å². The number of fused-ring (bicyclic) bond motifs is 1. The summed E-state index contributed by atoms with van der Waals surface area (Å²) in [6.07, 6.45) is 7.17. The van der Waals surface area contributed by atoms with Crippen molar-refractivity contribution < 1.29 is 9.90 Å². The molecule has 0 radical (unpaired) electrons. The number of rotatable bonds is 4. The largest absolute Gasteiger partial charge is 0.478 e. The summed E-state index contributed by atoms with van der Waals surface area (Å²) < 4.78 is 2.74. The molecule has 21 heavy (non-hydrogen) atoms. The number of carboxylic acid groups (broad SMARTS) is 1. The standard InChI is InChI=1S/C13H10N4O3S/c18-12(19)2-1-9-3-6-21-10(9)8-17-13(20)16-5-4-14-7-11(16)15-17/h1-7H,8H2,(H,18,19).